The third kappa shape index (κ3) is 4.00. The van der Waals surface area contributed by atoms with E-state index in [0.717, 1.165) is 16.8 Å². The Balaban J connectivity index is 1.72. The van der Waals surface area contributed by atoms with Gasteiger partial charge >= 0.3 is 0 Å². The smallest absolute Gasteiger partial charge is 0.212 e. The van der Waals surface area contributed by atoms with Crippen molar-refractivity contribution in [3.63, 3.8) is 0 Å². The van der Waals surface area contributed by atoms with Crippen LogP contribution in [0.25, 0.3) is 22.2 Å². The molecule has 35 heavy (non-hydrogen) atoms. The van der Waals surface area contributed by atoms with Crippen molar-refractivity contribution < 1.29 is 8.42 Å². The van der Waals surface area contributed by atoms with Crippen molar-refractivity contribution in [3.8, 4) is 0 Å². The van der Waals surface area contributed by atoms with E-state index in [1.54, 1.807) is 36.5 Å². The zero-order valence-electron chi connectivity index (χ0n) is 19.5. The van der Waals surface area contributed by atoms with Crippen molar-refractivity contribution in [3.05, 3.63) is 83.9 Å². The standard InChI is InChI=1S/C26H24N6O2S/c1-17-8-14-20(15-9-17)35(33,34)24-23-26(30-22-7-5-4-6-21(22)29-23)32(25(24)27)28-16-18-10-12-19(13-11-18)31(2)3/h4-16H,27H2,1-3H3. The number of hydrogen-bond acceptors (Lipinski definition) is 7. The molecular weight excluding hydrogens is 460 g/mol. The van der Waals surface area contributed by atoms with Crippen molar-refractivity contribution in [2.24, 2.45) is 5.10 Å². The number of nitrogen functional groups attached to an aromatic ring is 1. The van der Waals surface area contributed by atoms with Crippen LogP contribution in [0.2, 0.25) is 0 Å². The monoisotopic (exact) mass is 484 g/mol. The Morgan fingerprint density at radius 2 is 1.54 bits per heavy atom. The van der Waals surface area contributed by atoms with Gasteiger partial charge in [0.25, 0.3) is 0 Å². The van der Waals surface area contributed by atoms with Gasteiger partial charge in [-0.05, 0) is 48.9 Å². The van der Waals surface area contributed by atoms with Crippen LogP contribution in [0.5, 0.6) is 0 Å². The maximum Gasteiger partial charge on any atom is 0.212 e. The van der Waals surface area contributed by atoms with Crippen molar-refractivity contribution >= 4 is 49.8 Å². The second-order valence-corrected chi connectivity index (χ2v) is 10.3. The highest BCUT2D eigenvalue weighted by molar-refractivity contribution is 7.92. The molecule has 176 valence electrons. The first-order chi connectivity index (χ1) is 16.8. The first kappa shape index (κ1) is 22.5. The third-order valence-electron chi connectivity index (χ3n) is 5.76. The Bertz CT molecular complexity index is 1690. The molecule has 0 bridgehead atoms. The second-order valence-electron chi connectivity index (χ2n) is 8.46. The summed E-state index contributed by atoms with van der Waals surface area (Å²) in [5.41, 5.74) is 10.9. The number of benzene rings is 3. The normalized spacial score (nSPS) is 12.1. The number of nitrogens with zero attached hydrogens (tertiary/aromatic N) is 5. The molecule has 8 nitrogen and oxygen atoms in total. The van der Waals surface area contributed by atoms with E-state index in [2.05, 4.69) is 15.1 Å². The predicted octanol–water partition coefficient (Wildman–Crippen LogP) is 4.26. The molecule has 9 heteroatoms. The maximum absolute atomic E-state index is 13.7. The van der Waals surface area contributed by atoms with E-state index in [1.807, 2.05) is 68.4 Å². The van der Waals surface area contributed by atoms with Gasteiger partial charge in [0.2, 0.25) is 9.84 Å². The van der Waals surface area contributed by atoms with E-state index in [4.69, 9.17) is 5.73 Å². The molecule has 0 atom stereocenters. The molecule has 2 N–H and O–H groups in total. The minimum absolute atomic E-state index is 0.0444. The number of hydrogen-bond donors (Lipinski definition) is 1. The van der Waals surface area contributed by atoms with Crippen molar-refractivity contribution in [1.29, 1.82) is 0 Å². The summed E-state index contributed by atoms with van der Waals surface area (Å²) in [5.74, 6) is -0.0444. The molecule has 5 aromatic rings. The molecule has 0 saturated heterocycles. The molecule has 0 aliphatic rings. The topological polar surface area (TPSA) is 106 Å². The lowest BCUT2D eigenvalue weighted by Gasteiger charge is -2.11. The minimum atomic E-state index is -3.99. The molecule has 0 fully saturated rings. The van der Waals surface area contributed by atoms with Gasteiger partial charge in [-0.1, -0.05) is 42.0 Å². The molecule has 0 amide bonds. The van der Waals surface area contributed by atoms with E-state index >= 15 is 0 Å². The van der Waals surface area contributed by atoms with Crippen molar-refractivity contribution in [1.82, 2.24) is 14.6 Å². The summed E-state index contributed by atoms with van der Waals surface area (Å²) in [7, 11) is -0.0526. The summed E-state index contributed by atoms with van der Waals surface area (Å²) < 4.78 is 28.7. The number of nitrogens with two attached hydrogens (primary N) is 1. The molecule has 0 aliphatic heterocycles. The van der Waals surface area contributed by atoms with E-state index in [0.29, 0.717) is 11.0 Å². The van der Waals surface area contributed by atoms with Crippen LogP contribution in [0.1, 0.15) is 11.1 Å². The minimum Gasteiger partial charge on any atom is -0.382 e. The van der Waals surface area contributed by atoms with E-state index in [1.165, 1.54) is 4.68 Å². The third-order valence-corrected chi connectivity index (χ3v) is 7.59. The SMILES string of the molecule is Cc1ccc(S(=O)(=O)c2c(N)n(N=Cc3ccc(N(C)C)cc3)c3nc4ccccc4nc23)cc1. The molecule has 2 aromatic heterocycles. The van der Waals surface area contributed by atoms with Crippen LogP contribution in [-0.4, -0.2) is 43.4 Å². The van der Waals surface area contributed by atoms with Crippen LogP contribution in [0, 0.1) is 6.92 Å². The molecule has 3 aromatic carbocycles. The van der Waals surface area contributed by atoms with Crippen LogP contribution in [0.3, 0.4) is 0 Å². The summed E-state index contributed by atoms with van der Waals surface area (Å²) in [6.07, 6.45) is 1.62. The van der Waals surface area contributed by atoms with Crippen LogP contribution in [-0.2, 0) is 9.84 Å². The van der Waals surface area contributed by atoms with Gasteiger partial charge in [0.05, 0.1) is 22.1 Å². The predicted molar refractivity (Wildman–Crippen MR) is 140 cm³/mol. The molecule has 0 radical (unpaired) electrons. The summed E-state index contributed by atoms with van der Waals surface area (Å²) in [6, 6.07) is 21.7. The van der Waals surface area contributed by atoms with Gasteiger partial charge in [-0.15, -0.1) is 0 Å². The lowest BCUT2D eigenvalue weighted by Crippen LogP contribution is -2.08. The largest absolute Gasteiger partial charge is 0.382 e. The highest BCUT2D eigenvalue weighted by atomic mass is 32.2. The Morgan fingerprint density at radius 1 is 0.914 bits per heavy atom. The van der Waals surface area contributed by atoms with Gasteiger partial charge in [0.1, 0.15) is 16.2 Å². The maximum atomic E-state index is 13.7. The number of aromatic nitrogens is 3. The van der Waals surface area contributed by atoms with Gasteiger partial charge in [-0.25, -0.2) is 18.4 Å². The Kier molecular flexibility index (Phi) is 5.49. The lowest BCUT2D eigenvalue weighted by atomic mass is 10.2. The van der Waals surface area contributed by atoms with Gasteiger partial charge in [0, 0.05) is 19.8 Å². The molecule has 0 aliphatic carbocycles. The molecule has 0 saturated carbocycles. The number of fused-ring (bicyclic) bond motifs is 2. The molecule has 0 unspecified atom stereocenters. The Morgan fingerprint density at radius 3 is 2.17 bits per heavy atom. The fourth-order valence-electron chi connectivity index (χ4n) is 3.82. The summed E-state index contributed by atoms with van der Waals surface area (Å²) in [6.45, 7) is 1.90. The van der Waals surface area contributed by atoms with Crippen LogP contribution >= 0.6 is 0 Å². The first-order valence-corrected chi connectivity index (χ1v) is 12.4. The molecule has 2 heterocycles. The zero-order valence-corrected chi connectivity index (χ0v) is 20.4. The summed E-state index contributed by atoms with van der Waals surface area (Å²) in [4.78, 5) is 11.3. The average molecular weight is 485 g/mol. The Hall–Kier alpha value is -4.24. The highest BCUT2D eigenvalue weighted by Crippen LogP contribution is 2.35. The zero-order chi connectivity index (χ0) is 24.7. The van der Waals surface area contributed by atoms with Crippen molar-refractivity contribution in [2.75, 3.05) is 24.7 Å². The van der Waals surface area contributed by atoms with Gasteiger partial charge in [-0.3, -0.25) is 0 Å². The summed E-state index contributed by atoms with van der Waals surface area (Å²) in [5, 5.41) is 4.51. The summed E-state index contributed by atoms with van der Waals surface area (Å²) >= 11 is 0. The molecule has 0 spiro atoms. The fourth-order valence-corrected chi connectivity index (χ4v) is 5.31. The average Bonchev–Trinajstić information content (AvgIpc) is 3.12. The fraction of sp³-hybridized carbons (Fsp3) is 0.115. The number of para-hydroxylation sites is 2. The molecular formula is C26H24N6O2S. The number of anilines is 2. The quantitative estimate of drug-likeness (QED) is 0.374. The highest BCUT2D eigenvalue weighted by Gasteiger charge is 2.30. The van der Waals surface area contributed by atoms with Crippen LogP contribution in [0.15, 0.2) is 87.7 Å². The molecule has 5 rings (SSSR count). The lowest BCUT2D eigenvalue weighted by molar-refractivity contribution is 0.597. The van der Waals surface area contributed by atoms with Gasteiger partial charge in [0.15, 0.2) is 5.65 Å². The van der Waals surface area contributed by atoms with Crippen LogP contribution < -0.4 is 10.6 Å². The van der Waals surface area contributed by atoms with Crippen molar-refractivity contribution in [2.45, 2.75) is 16.7 Å². The second kappa shape index (κ2) is 8.52. The Labute approximate surface area is 203 Å². The van der Waals surface area contributed by atoms with Crippen LogP contribution in [0.4, 0.5) is 11.5 Å². The first-order valence-electron chi connectivity index (χ1n) is 11.0. The van der Waals surface area contributed by atoms with E-state index in [-0.39, 0.29) is 26.8 Å². The number of sulfone groups is 1. The number of aryl methyl sites for hydroxylation is 1. The number of rotatable bonds is 5. The van der Waals surface area contributed by atoms with E-state index < -0.39 is 9.84 Å². The van der Waals surface area contributed by atoms with Gasteiger partial charge in [-0.2, -0.15) is 9.78 Å². The van der Waals surface area contributed by atoms with Gasteiger partial charge < -0.3 is 10.6 Å². The van der Waals surface area contributed by atoms with E-state index in [9.17, 15) is 8.42 Å².